The van der Waals surface area contributed by atoms with Crippen molar-refractivity contribution in [2.75, 3.05) is 11.1 Å². The van der Waals surface area contributed by atoms with Crippen molar-refractivity contribution in [1.29, 1.82) is 0 Å². The van der Waals surface area contributed by atoms with E-state index in [-0.39, 0.29) is 28.4 Å². The van der Waals surface area contributed by atoms with Gasteiger partial charge in [0.15, 0.2) is 9.84 Å². The van der Waals surface area contributed by atoms with Crippen LogP contribution in [0.5, 0.6) is 0 Å². The summed E-state index contributed by atoms with van der Waals surface area (Å²) in [5.74, 6) is -0.411. The van der Waals surface area contributed by atoms with E-state index >= 15 is 0 Å². The lowest BCUT2D eigenvalue weighted by atomic mass is 10.1. The zero-order valence-corrected chi connectivity index (χ0v) is 16.5. The van der Waals surface area contributed by atoms with Gasteiger partial charge in [0, 0.05) is 23.7 Å². The number of rotatable bonds is 7. The smallest absolute Gasteiger partial charge is 0.251 e. The fourth-order valence-electron chi connectivity index (χ4n) is 2.26. The van der Waals surface area contributed by atoms with Crippen LogP contribution >= 0.6 is 0 Å². The molecular formula is C20H24N2O4S. The predicted octanol–water partition coefficient (Wildman–Crippen LogP) is 3.00. The minimum Gasteiger partial charge on any atom is -0.348 e. The van der Waals surface area contributed by atoms with E-state index in [1.165, 1.54) is 24.3 Å². The van der Waals surface area contributed by atoms with Gasteiger partial charge in [-0.05, 0) is 42.0 Å². The number of amides is 2. The number of carbonyl (C=O) groups is 2. The van der Waals surface area contributed by atoms with Gasteiger partial charge in [-0.3, -0.25) is 9.59 Å². The van der Waals surface area contributed by atoms with Gasteiger partial charge >= 0.3 is 0 Å². The van der Waals surface area contributed by atoms with Crippen LogP contribution in [0.15, 0.2) is 53.4 Å². The van der Waals surface area contributed by atoms with Gasteiger partial charge in [0.25, 0.3) is 5.91 Å². The van der Waals surface area contributed by atoms with Crippen molar-refractivity contribution in [3.8, 4) is 0 Å². The molecule has 0 fully saturated rings. The topological polar surface area (TPSA) is 92.3 Å². The Morgan fingerprint density at radius 3 is 2.07 bits per heavy atom. The number of anilines is 1. The van der Waals surface area contributed by atoms with E-state index in [1.807, 2.05) is 26.0 Å². The van der Waals surface area contributed by atoms with Crippen molar-refractivity contribution in [2.45, 2.75) is 32.2 Å². The molecule has 2 amide bonds. The van der Waals surface area contributed by atoms with Gasteiger partial charge in [0.1, 0.15) is 0 Å². The molecule has 0 radical (unpaired) electrons. The first-order chi connectivity index (χ1) is 12.7. The van der Waals surface area contributed by atoms with Crippen molar-refractivity contribution in [3.63, 3.8) is 0 Å². The maximum absolute atomic E-state index is 12.2. The lowest BCUT2D eigenvalue weighted by Crippen LogP contribution is -2.23. The molecule has 6 nitrogen and oxygen atoms in total. The standard InChI is InChI=1S/C20H24N2O4S/c1-4-27(25,26)18-11-7-16(8-12-18)20(24)21-13-15-5-9-17(10-6-15)22-19(23)14(2)3/h5-12,14H,4,13H2,1-3H3,(H,21,24)(H,22,23). The van der Waals surface area contributed by atoms with Gasteiger partial charge < -0.3 is 10.6 Å². The fraction of sp³-hybridized carbons (Fsp3) is 0.300. The maximum Gasteiger partial charge on any atom is 0.251 e. The van der Waals surface area contributed by atoms with Gasteiger partial charge in [-0.15, -0.1) is 0 Å². The molecule has 0 aliphatic rings. The largest absolute Gasteiger partial charge is 0.348 e. The van der Waals surface area contributed by atoms with Gasteiger partial charge in [0.2, 0.25) is 5.91 Å². The molecule has 2 aromatic carbocycles. The van der Waals surface area contributed by atoms with Crippen LogP contribution in [0.1, 0.15) is 36.7 Å². The Kier molecular flexibility index (Phi) is 6.74. The molecule has 0 aromatic heterocycles. The predicted molar refractivity (Wildman–Crippen MR) is 105 cm³/mol. The first-order valence-corrected chi connectivity index (χ1v) is 10.4. The number of hydrogen-bond donors (Lipinski definition) is 2. The molecule has 0 bridgehead atoms. The van der Waals surface area contributed by atoms with E-state index in [0.29, 0.717) is 17.8 Å². The van der Waals surface area contributed by atoms with Gasteiger partial charge in [0.05, 0.1) is 10.6 Å². The molecule has 2 rings (SSSR count). The third-order valence-corrected chi connectivity index (χ3v) is 5.81. The highest BCUT2D eigenvalue weighted by Gasteiger charge is 2.13. The molecule has 0 saturated carbocycles. The number of benzene rings is 2. The van der Waals surface area contributed by atoms with E-state index in [4.69, 9.17) is 0 Å². The quantitative estimate of drug-likeness (QED) is 0.763. The van der Waals surface area contributed by atoms with Crippen molar-refractivity contribution in [3.05, 3.63) is 59.7 Å². The first-order valence-electron chi connectivity index (χ1n) is 8.73. The molecule has 0 aliphatic heterocycles. The number of carbonyl (C=O) groups excluding carboxylic acids is 2. The molecule has 0 atom stereocenters. The van der Waals surface area contributed by atoms with Crippen LogP contribution < -0.4 is 10.6 Å². The van der Waals surface area contributed by atoms with Crippen LogP contribution in [0.4, 0.5) is 5.69 Å². The molecule has 144 valence electrons. The summed E-state index contributed by atoms with van der Waals surface area (Å²) >= 11 is 0. The Balaban J connectivity index is 1.94. The van der Waals surface area contributed by atoms with Crippen LogP contribution in [0.25, 0.3) is 0 Å². The lowest BCUT2D eigenvalue weighted by Gasteiger charge is -2.09. The zero-order valence-electron chi connectivity index (χ0n) is 15.7. The molecule has 0 heterocycles. The molecule has 0 unspecified atom stereocenters. The van der Waals surface area contributed by atoms with Crippen LogP contribution in [0.3, 0.4) is 0 Å². The Morgan fingerprint density at radius 1 is 0.963 bits per heavy atom. The van der Waals surface area contributed by atoms with Gasteiger partial charge in [-0.25, -0.2) is 8.42 Å². The first kappa shape index (κ1) is 20.6. The molecule has 7 heteroatoms. The number of hydrogen-bond acceptors (Lipinski definition) is 4. The molecular weight excluding hydrogens is 364 g/mol. The highest BCUT2D eigenvalue weighted by molar-refractivity contribution is 7.91. The summed E-state index contributed by atoms with van der Waals surface area (Å²) in [6, 6.07) is 13.1. The molecule has 0 saturated heterocycles. The third kappa shape index (κ3) is 5.65. The van der Waals surface area contributed by atoms with E-state index < -0.39 is 9.84 Å². The van der Waals surface area contributed by atoms with Gasteiger partial charge in [-0.2, -0.15) is 0 Å². The van der Waals surface area contributed by atoms with Crippen molar-refractivity contribution < 1.29 is 18.0 Å². The zero-order chi connectivity index (χ0) is 20.0. The van der Waals surface area contributed by atoms with Crippen molar-refractivity contribution in [1.82, 2.24) is 5.32 Å². The van der Waals surface area contributed by atoms with Crippen LogP contribution in [-0.2, 0) is 21.2 Å². The normalized spacial score (nSPS) is 11.3. The summed E-state index contributed by atoms with van der Waals surface area (Å²) in [5, 5.41) is 5.60. The average Bonchev–Trinajstić information content (AvgIpc) is 2.67. The van der Waals surface area contributed by atoms with Crippen LogP contribution in [-0.4, -0.2) is 26.0 Å². The second-order valence-electron chi connectivity index (χ2n) is 6.45. The lowest BCUT2D eigenvalue weighted by molar-refractivity contribution is -0.118. The molecule has 2 aromatic rings. The minimum absolute atomic E-state index is 0.0200. The second kappa shape index (κ2) is 8.81. The molecule has 0 aliphatic carbocycles. The summed E-state index contributed by atoms with van der Waals surface area (Å²) < 4.78 is 23.6. The Labute approximate surface area is 159 Å². The Hall–Kier alpha value is -2.67. The highest BCUT2D eigenvalue weighted by atomic mass is 32.2. The van der Waals surface area contributed by atoms with E-state index in [2.05, 4.69) is 10.6 Å². The van der Waals surface area contributed by atoms with Crippen LogP contribution in [0, 0.1) is 5.92 Å². The molecule has 0 spiro atoms. The van der Waals surface area contributed by atoms with Crippen LogP contribution in [0.2, 0.25) is 0 Å². The monoisotopic (exact) mass is 388 g/mol. The van der Waals surface area contributed by atoms with Crippen molar-refractivity contribution in [2.24, 2.45) is 5.92 Å². The summed E-state index contributed by atoms with van der Waals surface area (Å²) in [5.41, 5.74) is 1.98. The Bertz CT molecular complexity index is 902. The Morgan fingerprint density at radius 2 is 1.56 bits per heavy atom. The number of nitrogens with one attached hydrogen (secondary N) is 2. The summed E-state index contributed by atoms with van der Waals surface area (Å²) in [6.07, 6.45) is 0. The van der Waals surface area contributed by atoms with Crippen molar-refractivity contribution >= 4 is 27.3 Å². The summed E-state index contributed by atoms with van der Waals surface area (Å²) in [7, 11) is -3.28. The number of sulfone groups is 1. The second-order valence-corrected chi connectivity index (χ2v) is 8.73. The van der Waals surface area contributed by atoms with E-state index in [9.17, 15) is 18.0 Å². The SMILES string of the molecule is CCS(=O)(=O)c1ccc(C(=O)NCc2ccc(NC(=O)C(C)C)cc2)cc1. The third-order valence-electron chi connectivity index (χ3n) is 4.05. The molecule has 2 N–H and O–H groups in total. The van der Waals surface area contributed by atoms with E-state index in [0.717, 1.165) is 5.56 Å². The fourth-order valence-corrected chi connectivity index (χ4v) is 3.14. The highest BCUT2D eigenvalue weighted by Crippen LogP contribution is 2.13. The van der Waals surface area contributed by atoms with Gasteiger partial charge in [-0.1, -0.05) is 32.9 Å². The minimum atomic E-state index is -3.28. The average molecular weight is 388 g/mol. The molecule has 27 heavy (non-hydrogen) atoms. The van der Waals surface area contributed by atoms with E-state index in [1.54, 1.807) is 19.1 Å². The summed E-state index contributed by atoms with van der Waals surface area (Å²) in [4.78, 5) is 24.1. The summed E-state index contributed by atoms with van der Waals surface area (Å²) in [6.45, 7) is 5.55. The maximum atomic E-state index is 12.2.